The topological polar surface area (TPSA) is 21.2 Å². The van der Waals surface area contributed by atoms with Gasteiger partial charge in [-0.3, -0.25) is 0 Å². The minimum atomic E-state index is 0.0815. The van der Waals surface area contributed by atoms with Gasteiger partial charge in [-0.05, 0) is 61.1 Å². The molecule has 4 heteroatoms. The van der Waals surface area contributed by atoms with Gasteiger partial charge in [-0.2, -0.15) is 9.69 Å². The van der Waals surface area contributed by atoms with Crippen molar-refractivity contribution in [3.8, 4) is 5.75 Å². The van der Waals surface area contributed by atoms with E-state index in [-0.39, 0.29) is 5.82 Å². The number of benzene rings is 2. The first-order chi connectivity index (χ1) is 14.7. The van der Waals surface area contributed by atoms with Gasteiger partial charge in [0.25, 0.3) is 0 Å². The van der Waals surface area contributed by atoms with Crippen LogP contribution in [-0.4, -0.2) is 19.7 Å². The van der Waals surface area contributed by atoms with Gasteiger partial charge in [-0.1, -0.05) is 43.5 Å². The molecule has 2 aromatic rings. The molecule has 0 saturated heterocycles. The summed E-state index contributed by atoms with van der Waals surface area (Å²) in [6.45, 7) is 18.4. The van der Waals surface area contributed by atoms with Crippen LogP contribution in [0.15, 0.2) is 54.4 Å². The van der Waals surface area contributed by atoms with Gasteiger partial charge in [-0.15, -0.1) is 0 Å². The van der Waals surface area contributed by atoms with Gasteiger partial charge in [0.2, 0.25) is 0 Å². The fraction of sp³-hybridized carbons (Fsp3) is 0.385. The number of rotatable bonds is 8. The molecule has 30 heavy (non-hydrogen) atoms. The van der Waals surface area contributed by atoms with E-state index in [0.29, 0.717) is 6.61 Å². The Bertz CT molecular complexity index is 895. The summed E-state index contributed by atoms with van der Waals surface area (Å²) >= 11 is 0. The molecule has 0 atom stereocenters. The number of hydrogen-bond donors (Lipinski definition) is 0. The monoisotopic (exact) mass is 399 g/mol. The summed E-state index contributed by atoms with van der Waals surface area (Å²) < 4.78 is 5.99. The van der Waals surface area contributed by atoms with E-state index in [2.05, 4.69) is 45.8 Å². The molecule has 1 fully saturated rings. The smallest absolute Gasteiger partial charge is 0.492 e. The SMILES string of the molecule is [C-]#[N+]C(=Cc1ccc(N(CC)CCOc2ccc(C3CCCCC3)cc2)cc1)[N+]#[C-]. The molecule has 0 bridgehead atoms. The first kappa shape index (κ1) is 21.5. The number of likely N-dealkylation sites (N-methyl/N-ethyl adjacent to an activating group) is 1. The largest absolute Gasteiger partial charge is 0.519 e. The van der Waals surface area contributed by atoms with Gasteiger partial charge in [-0.25, -0.2) is 0 Å². The van der Waals surface area contributed by atoms with Crippen LogP contribution in [0.2, 0.25) is 0 Å². The van der Waals surface area contributed by atoms with Crippen LogP contribution in [0.4, 0.5) is 5.69 Å². The maximum Gasteiger partial charge on any atom is 0.519 e. The molecule has 0 aromatic heterocycles. The molecule has 0 heterocycles. The van der Waals surface area contributed by atoms with Crippen molar-refractivity contribution < 1.29 is 4.74 Å². The molecular formula is C26H29N3O. The molecule has 4 nitrogen and oxygen atoms in total. The molecule has 0 spiro atoms. The lowest BCUT2D eigenvalue weighted by Gasteiger charge is -2.24. The van der Waals surface area contributed by atoms with E-state index < -0.39 is 0 Å². The van der Waals surface area contributed by atoms with Crippen LogP contribution in [0.25, 0.3) is 15.8 Å². The summed E-state index contributed by atoms with van der Waals surface area (Å²) in [6, 6.07) is 16.6. The van der Waals surface area contributed by atoms with E-state index in [9.17, 15) is 0 Å². The Kier molecular flexibility index (Phi) is 7.93. The summed E-state index contributed by atoms with van der Waals surface area (Å²) in [4.78, 5) is 8.67. The van der Waals surface area contributed by atoms with E-state index in [1.807, 2.05) is 24.3 Å². The molecule has 0 aliphatic heterocycles. The van der Waals surface area contributed by atoms with Crippen LogP contribution in [0, 0.1) is 13.1 Å². The van der Waals surface area contributed by atoms with Crippen molar-refractivity contribution in [2.45, 2.75) is 44.9 Å². The summed E-state index contributed by atoms with van der Waals surface area (Å²) in [5.41, 5.74) is 3.43. The van der Waals surface area contributed by atoms with Crippen molar-refractivity contribution in [3.63, 3.8) is 0 Å². The van der Waals surface area contributed by atoms with Crippen LogP contribution in [0.1, 0.15) is 56.1 Å². The summed E-state index contributed by atoms with van der Waals surface area (Å²) in [7, 11) is 0. The Balaban J connectivity index is 1.52. The predicted molar refractivity (Wildman–Crippen MR) is 123 cm³/mol. The molecule has 2 aromatic carbocycles. The van der Waals surface area contributed by atoms with Gasteiger partial charge in [0.05, 0.1) is 6.54 Å². The van der Waals surface area contributed by atoms with Crippen molar-refractivity contribution in [2.75, 3.05) is 24.6 Å². The third-order valence-electron chi connectivity index (χ3n) is 5.75. The molecule has 1 saturated carbocycles. The van der Waals surface area contributed by atoms with E-state index >= 15 is 0 Å². The van der Waals surface area contributed by atoms with Crippen molar-refractivity contribution in [3.05, 3.63) is 88.3 Å². The summed E-state index contributed by atoms with van der Waals surface area (Å²) in [5.74, 6) is 1.73. The van der Waals surface area contributed by atoms with Crippen LogP contribution in [0.5, 0.6) is 5.75 Å². The Morgan fingerprint density at radius 2 is 1.67 bits per heavy atom. The lowest BCUT2D eigenvalue weighted by Crippen LogP contribution is -2.28. The molecule has 0 radical (unpaired) electrons. The summed E-state index contributed by atoms with van der Waals surface area (Å²) in [5, 5.41) is 0. The molecule has 154 valence electrons. The fourth-order valence-electron chi connectivity index (χ4n) is 4.04. The Hall–Kier alpha value is -3.24. The second-order valence-electron chi connectivity index (χ2n) is 7.65. The van der Waals surface area contributed by atoms with Crippen LogP contribution < -0.4 is 9.64 Å². The average molecular weight is 400 g/mol. The van der Waals surface area contributed by atoms with Crippen LogP contribution in [-0.2, 0) is 0 Å². The van der Waals surface area contributed by atoms with E-state index in [0.717, 1.165) is 36.0 Å². The van der Waals surface area contributed by atoms with Gasteiger partial charge < -0.3 is 9.64 Å². The van der Waals surface area contributed by atoms with Crippen molar-refractivity contribution in [1.29, 1.82) is 0 Å². The third kappa shape index (κ3) is 5.88. The number of hydrogen-bond acceptors (Lipinski definition) is 2. The average Bonchev–Trinajstić information content (AvgIpc) is 2.82. The third-order valence-corrected chi connectivity index (χ3v) is 5.75. The molecule has 1 aliphatic carbocycles. The van der Waals surface area contributed by atoms with E-state index in [4.69, 9.17) is 17.9 Å². The number of nitrogens with zero attached hydrogens (tertiary/aromatic N) is 3. The first-order valence-corrected chi connectivity index (χ1v) is 10.8. The minimum absolute atomic E-state index is 0.0815. The van der Waals surface area contributed by atoms with Gasteiger partial charge in [0, 0.05) is 18.3 Å². The van der Waals surface area contributed by atoms with Gasteiger partial charge in [0.1, 0.15) is 25.5 Å². The highest BCUT2D eigenvalue weighted by Gasteiger charge is 2.15. The second-order valence-corrected chi connectivity index (χ2v) is 7.65. The lowest BCUT2D eigenvalue weighted by molar-refractivity contribution is 0.324. The molecule has 0 unspecified atom stereocenters. The molecular weight excluding hydrogens is 370 g/mol. The summed E-state index contributed by atoms with van der Waals surface area (Å²) in [6.07, 6.45) is 8.34. The highest BCUT2D eigenvalue weighted by molar-refractivity contribution is 5.60. The van der Waals surface area contributed by atoms with Crippen LogP contribution >= 0.6 is 0 Å². The molecule has 3 rings (SSSR count). The molecule has 0 N–H and O–H groups in total. The van der Waals surface area contributed by atoms with E-state index in [1.165, 1.54) is 37.7 Å². The Morgan fingerprint density at radius 1 is 1.00 bits per heavy atom. The van der Waals surface area contributed by atoms with Crippen LogP contribution in [0.3, 0.4) is 0 Å². The zero-order chi connectivity index (χ0) is 21.2. The van der Waals surface area contributed by atoms with Crippen molar-refractivity contribution in [1.82, 2.24) is 0 Å². The van der Waals surface area contributed by atoms with Crippen molar-refractivity contribution in [2.24, 2.45) is 0 Å². The Morgan fingerprint density at radius 3 is 2.27 bits per heavy atom. The van der Waals surface area contributed by atoms with Gasteiger partial charge >= 0.3 is 5.82 Å². The van der Waals surface area contributed by atoms with E-state index in [1.54, 1.807) is 6.08 Å². The maximum atomic E-state index is 6.98. The predicted octanol–water partition coefficient (Wildman–Crippen LogP) is 6.78. The standard InChI is InChI=1S/C26H29N3O/c1-4-29(24-14-10-21(11-15-24)20-26(27-2)28-3)18-19-30-25-16-12-23(13-17-25)22-8-6-5-7-9-22/h10-17,20,22H,4-9,18-19H2,1H3. The quantitative estimate of drug-likeness (QED) is 0.456. The zero-order valence-corrected chi connectivity index (χ0v) is 17.7. The fourth-order valence-corrected chi connectivity index (χ4v) is 4.04. The molecule has 0 amide bonds. The second kappa shape index (κ2) is 11.1. The highest BCUT2D eigenvalue weighted by atomic mass is 16.5. The van der Waals surface area contributed by atoms with Crippen molar-refractivity contribution >= 4 is 11.8 Å². The maximum absolute atomic E-state index is 6.98. The van der Waals surface area contributed by atoms with Gasteiger partial charge in [0.15, 0.2) is 0 Å². The normalized spacial score (nSPS) is 13.7. The minimum Gasteiger partial charge on any atom is -0.492 e. The first-order valence-electron chi connectivity index (χ1n) is 10.8. The highest BCUT2D eigenvalue weighted by Crippen LogP contribution is 2.33. The zero-order valence-electron chi connectivity index (χ0n) is 17.7. The number of anilines is 1. The Labute approximate surface area is 180 Å². The number of ether oxygens (including phenoxy) is 1. The lowest BCUT2D eigenvalue weighted by atomic mass is 9.84. The molecule has 1 aliphatic rings.